The molecule has 0 saturated heterocycles. The van der Waals surface area contributed by atoms with E-state index in [4.69, 9.17) is 22.4 Å². The van der Waals surface area contributed by atoms with Gasteiger partial charge >= 0.3 is 0 Å². The van der Waals surface area contributed by atoms with E-state index in [1.807, 2.05) is 0 Å². The van der Waals surface area contributed by atoms with Crippen LogP contribution in [0.4, 0.5) is 0 Å². The van der Waals surface area contributed by atoms with Crippen LogP contribution in [0.5, 0.6) is 0 Å². The maximum absolute atomic E-state index is 12.2. The molecule has 4 atom stereocenters. The third-order valence-electron chi connectivity index (χ3n) is 4.12. The lowest BCUT2D eigenvalue weighted by Crippen LogP contribution is -2.59. The van der Waals surface area contributed by atoms with Gasteiger partial charge in [-0.25, -0.2) is 0 Å². The summed E-state index contributed by atoms with van der Waals surface area (Å²) in [6.07, 6.45) is 0.796. The summed E-state index contributed by atoms with van der Waals surface area (Å²) < 4.78 is 32.4. The number of ether oxygens (including phenoxy) is 1. The van der Waals surface area contributed by atoms with Crippen LogP contribution in [0.2, 0.25) is 78.6 Å². The Balaban J connectivity index is 6.32. The van der Waals surface area contributed by atoms with E-state index in [1.54, 1.807) is 0 Å². The Kier molecular flexibility index (Phi) is 13.6. The van der Waals surface area contributed by atoms with Crippen molar-refractivity contribution >= 4 is 39.6 Å². The van der Waals surface area contributed by atoms with Gasteiger partial charge in [0.2, 0.25) is 0 Å². The van der Waals surface area contributed by atoms with Gasteiger partial charge in [-0.2, -0.15) is 0 Å². The molecule has 0 aliphatic heterocycles. The standard InChI is InChI=1S/C22H52O6Si4/c1-14-15-16-24-19(17-23)21(27-31(8,9)10)22(28-32(11,12)13)20(26-30(5,6)7)18-25-29(2,3)4/h17,19-22H,14-16,18H2,1-13H3/t19-,20-,21-,22-/m1/s1. The number of hydrogen-bond donors (Lipinski definition) is 0. The Bertz CT molecular complexity index is 535. The van der Waals surface area contributed by atoms with Crippen molar-refractivity contribution in [3.05, 3.63) is 0 Å². The molecule has 0 amide bonds. The lowest BCUT2D eigenvalue weighted by molar-refractivity contribution is -0.138. The van der Waals surface area contributed by atoms with Gasteiger partial charge in [-0.05, 0) is 85.0 Å². The van der Waals surface area contributed by atoms with Gasteiger partial charge in [0.05, 0.1) is 12.7 Å². The van der Waals surface area contributed by atoms with Gasteiger partial charge in [-0.3, -0.25) is 0 Å². The van der Waals surface area contributed by atoms with Gasteiger partial charge < -0.3 is 27.2 Å². The second-order valence-electron chi connectivity index (χ2n) is 12.4. The van der Waals surface area contributed by atoms with Crippen LogP contribution < -0.4 is 0 Å². The van der Waals surface area contributed by atoms with Gasteiger partial charge in [0.15, 0.2) is 39.6 Å². The fraction of sp³-hybridized carbons (Fsp3) is 0.955. The summed E-state index contributed by atoms with van der Waals surface area (Å²) in [5.74, 6) is 0. The third-order valence-corrected chi connectivity index (χ3v) is 8.12. The molecule has 192 valence electrons. The van der Waals surface area contributed by atoms with Crippen molar-refractivity contribution in [2.24, 2.45) is 0 Å². The molecule has 0 radical (unpaired) electrons. The maximum Gasteiger partial charge on any atom is 0.184 e. The number of unbranched alkanes of at least 4 members (excludes halogenated alkanes) is 1. The Morgan fingerprint density at radius 3 is 1.53 bits per heavy atom. The van der Waals surface area contributed by atoms with E-state index >= 15 is 0 Å². The van der Waals surface area contributed by atoms with Crippen LogP contribution in [0, 0.1) is 0 Å². The van der Waals surface area contributed by atoms with E-state index in [-0.39, 0.29) is 6.10 Å². The van der Waals surface area contributed by atoms with Crippen LogP contribution in [0.15, 0.2) is 0 Å². The molecular weight excluding hydrogens is 473 g/mol. The molecule has 0 unspecified atom stereocenters. The smallest absolute Gasteiger partial charge is 0.184 e. The first kappa shape index (κ1) is 32.3. The zero-order valence-electron chi connectivity index (χ0n) is 23.2. The molecule has 0 aliphatic carbocycles. The molecule has 0 N–H and O–H groups in total. The Labute approximate surface area is 202 Å². The van der Waals surface area contributed by atoms with Crippen LogP contribution >= 0.6 is 0 Å². The zero-order valence-corrected chi connectivity index (χ0v) is 27.2. The van der Waals surface area contributed by atoms with Crippen LogP contribution in [-0.4, -0.2) is 77.2 Å². The number of carbonyl (C=O) groups is 1. The molecule has 0 saturated carbocycles. The highest BCUT2D eigenvalue weighted by atomic mass is 28.4. The first-order valence-corrected chi connectivity index (χ1v) is 25.7. The van der Waals surface area contributed by atoms with Crippen molar-refractivity contribution < 1.29 is 27.2 Å². The predicted molar refractivity (Wildman–Crippen MR) is 145 cm³/mol. The summed E-state index contributed by atoms with van der Waals surface area (Å²) in [6.45, 7) is 29.0. The highest BCUT2D eigenvalue weighted by Gasteiger charge is 2.44. The summed E-state index contributed by atoms with van der Waals surface area (Å²) >= 11 is 0. The summed E-state index contributed by atoms with van der Waals surface area (Å²) in [5, 5.41) is 0. The van der Waals surface area contributed by atoms with Gasteiger partial charge in [-0.1, -0.05) is 13.3 Å². The highest BCUT2D eigenvalue weighted by molar-refractivity contribution is 6.71. The number of rotatable bonds is 17. The molecule has 0 rings (SSSR count). The highest BCUT2D eigenvalue weighted by Crippen LogP contribution is 2.27. The first-order chi connectivity index (χ1) is 14.3. The minimum Gasteiger partial charge on any atom is -0.415 e. The fourth-order valence-electron chi connectivity index (χ4n) is 3.05. The average Bonchev–Trinajstić information content (AvgIpc) is 2.55. The largest absolute Gasteiger partial charge is 0.415 e. The van der Waals surface area contributed by atoms with Crippen molar-refractivity contribution in [1.82, 2.24) is 0 Å². The van der Waals surface area contributed by atoms with Gasteiger partial charge in [0.25, 0.3) is 0 Å². The minimum atomic E-state index is -2.03. The second-order valence-corrected chi connectivity index (χ2v) is 30.3. The second kappa shape index (κ2) is 13.4. The van der Waals surface area contributed by atoms with Crippen molar-refractivity contribution in [1.29, 1.82) is 0 Å². The maximum atomic E-state index is 12.2. The molecule has 6 nitrogen and oxygen atoms in total. The van der Waals surface area contributed by atoms with Crippen LogP contribution in [0.1, 0.15) is 19.8 Å². The molecule has 0 heterocycles. The van der Waals surface area contributed by atoms with Crippen LogP contribution in [0.25, 0.3) is 0 Å². The van der Waals surface area contributed by atoms with E-state index in [0.29, 0.717) is 13.2 Å². The molecule has 32 heavy (non-hydrogen) atoms. The molecule has 0 aromatic heterocycles. The van der Waals surface area contributed by atoms with Gasteiger partial charge in [-0.15, -0.1) is 0 Å². The normalized spacial score (nSPS) is 17.7. The molecule has 0 bridgehead atoms. The molecule has 0 fully saturated rings. The van der Waals surface area contributed by atoms with Crippen molar-refractivity contribution in [2.75, 3.05) is 13.2 Å². The van der Waals surface area contributed by atoms with E-state index in [0.717, 1.165) is 19.1 Å². The zero-order chi connectivity index (χ0) is 25.4. The van der Waals surface area contributed by atoms with Crippen molar-refractivity contribution in [3.63, 3.8) is 0 Å². The molecular formula is C22H52O6Si4. The SMILES string of the molecule is CCCCO[C@H](C=O)[C@@H](O[Si](C)(C)C)[C@H](O[Si](C)(C)C)[C@@H](CO[Si](C)(C)C)O[Si](C)(C)C. The van der Waals surface area contributed by atoms with Crippen LogP contribution in [-0.2, 0) is 27.2 Å². The number of hydrogen-bond acceptors (Lipinski definition) is 6. The van der Waals surface area contributed by atoms with Crippen LogP contribution in [0.3, 0.4) is 0 Å². The lowest BCUT2D eigenvalue weighted by atomic mass is 10.0. The summed E-state index contributed by atoms with van der Waals surface area (Å²) in [5.41, 5.74) is 0. The molecule has 0 aromatic carbocycles. The van der Waals surface area contributed by atoms with Crippen molar-refractivity contribution in [3.8, 4) is 0 Å². The number of aldehydes is 1. The average molecular weight is 525 g/mol. The lowest BCUT2D eigenvalue weighted by Gasteiger charge is -2.43. The molecule has 10 heteroatoms. The topological polar surface area (TPSA) is 63.2 Å². The monoisotopic (exact) mass is 524 g/mol. The van der Waals surface area contributed by atoms with Crippen molar-refractivity contribution in [2.45, 2.75) is 123 Å². The predicted octanol–water partition coefficient (Wildman–Crippen LogP) is 5.88. The molecule has 0 spiro atoms. The molecule has 0 aliphatic rings. The summed E-state index contributed by atoms with van der Waals surface area (Å²) in [6, 6.07) is 0. The number of carbonyl (C=O) groups excluding carboxylic acids is 1. The van der Waals surface area contributed by atoms with Gasteiger partial charge in [0, 0.05) is 6.61 Å². The van der Waals surface area contributed by atoms with E-state index < -0.39 is 51.6 Å². The summed E-state index contributed by atoms with van der Waals surface area (Å²) in [4.78, 5) is 12.2. The summed E-state index contributed by atoms with van der Waals surface area (Å²) in [7, 11) is -7.76. The first-order valence-electron chi connectivity index (χ1n) is 12.0. The Hall–Kier alpha value is 0.338. The Morgan fingerprint density at radius 2 is 1.16 bits per heavy atom. The third kappa shape index (κ3) is 16.0. The fourth-order valence-corrected chi connectivity index (χ4v) is 7.01. The van der Waals surface area contributed by atoms with Gasteiger partial charge in [0.1, 0.15) is 18.3 Å². The van der Waals surface area contributed by atoms with E-state index in [1.165, 1.54) is 0 Å². The minimum absolute atomic E-state index is 0.321. The Morgan fingerprint density at radius 1 is 0.688 bits per heavy atom. The quantitative estimate of drug-likeness (QED) is 0.134. The van der Waals surface area contributed by atoms with E-state index in [2.05, 4.69) is 85.5 Å². The molecule has 0 aromatic rings. The van der Waals surface area contributed by atoms with E-state index in [9.17, 15) is 4.79 Å².